The van der Waals surface area contributed by atoms with E-state index in [0.29, 0.717) is 6.54 Å². The van der Waals surface area contributed by atoms with Gasteiger partial charge in [-0.2, -0.15) is 0 Å². The third-order valence-corrected chi connectivity index (χ3v) is 2.00. The second-order valence-corrected chi connectivity index (χ2v) is 2.73. The van der Waals surface area contributed by atoms with Crippen molar-refractivity contribution in [1.82, 2.24) is 10.3 Å². The Morgan fingerprint density at radius 1 is 1.75 bits per heavy atom. The van der Waals surface area contributed by atoms with Gasteiger partial charge in [0.15, 0.2) is 0 Å². The molecule has 1 atom stereocenters. The first-order valence-electron chi connectivity index (χ1n) is 3.68. The summed E-state index contributed by atoms with van der Waals surface area (Å²) in [4.78, 5) is 14.6. The van der Waals surface area contributed by atoms with Gasteiger partial charge in [-0.05, 0) is 11.6 Å². The molecule has 0 saturated carbocycles. The first-order valence-corrected chi connectivity index (χ1v) is 3.68. The van der Waals surface area contributed by atoms with Crippen molar-refractivity contribution in [3.05, 3.63) is 29.6 Å². The number of fused-ring (bicyclic) bond motifs is 1. The molecule has 2 heterocycles. The molecule has 1 aromatic rings. The fourth-order valence-corrected chi connectivity index (χ4v) is 1.40. The lowest BCUT2D eigenvalue weighted by Crippen LogP contribution is -2.21. The Morgan fingerprint density at radius 2 is 2.58 bits per heavy atom. The van der Waals surface area contributed by atoms with Gasteiger partial charge in [-0.25, -0.2) is 0 Å². The highest BCUT2D eigenvalue weighted by Gasteiger charge is 2.27. The summed E-state index contributed by atoms with van der Waals surface area (Å²) in [5.41, 5.74) is 1.81. The minimum atomic E-state index is -0.846. The Hall–Kier alpha value is -1.42. The maximum atomic E-state index is 10.7. The predicted octanol–water partition coefficient (Wildman–Crippen LogP) is 0.310. The lowest BCUT2D eigenvalue weighted by molar-refractivity contribution is -0.139. The summed E-state index contributed by atoms with van der Waals surface area (Å²) in [6.07, 6.45) is 3.28. The van der Waals surface area contributed by atoms with Crippen molar-refractivity contribution < 1.29 is 9.90 Å². The normalized spacial score (nSPS) is 20.5. The van der Waals surface area contributed by atoms with Crippen LogP contribution in [0.2, 0.25) is 0 Å². The van der Waals surface area contributed by atoms with E-state index < -0.39 is 12.0 Å². The molecule has 12 heavy (non-hydrogen) atoms. The van der Waals surface area contributed by atoms with Crippen LogP contribution in [0, 0.1) is 0 Å². The largest absolute Gasteiger partial charge is 0.480 e. The molecule has 0 bridgehead atoms. The molecule has 0 amide bonds. The molecule has 0 saturated heterocycles. The first-order chi connectivity index (χ1) is 5.79. The number of nitrogens with zero attached hydrogens (tertiary/aromatic N) is 1. The van der Waals surface area contributed by atoms with E-state index in [1.807, 2.05) is 6.07 Å². The summed E-state index contributed by atoms with van der Waals surface area (Å²) in [5, 5.41) is 11.7. The Morgan fingerprint density at radius 3 is 3.33 bits per heavy atom. The zero-order valence-electron chi connectivity index (χ0n) is 6.32. The van der Waals surface area contributed by atoms with E-state index in [1.54, 1.807) is 12.4 Å². The Labute approximate surface area is 69.2 Å². The maximum Gasteiger partial charge on any atom is 0.325 e. The Balaban J connectivity index is 2.42. The van der Waals surface area contributed by atoms with Gasteiger partial charge in [0.1, 0.15) is 6.04 Å². The summed E-state index contributed by atoms with van der Waals surface area (Å²) in [6.45, 7) is 0.620. The first kappa shape index (κ1) is 7.24. The maximum absolute atomic E-state index is 10.7. The second kappa shape index (κ2) is 2.57. The molecule has 1 aliphatic heterocycles. The fraction of sp³-hybridized carbons (Fsp3) is 0.250. The van der Waals surface area contributed by atoms with Gasteiger partial charge in [-0.1, -0.05) is 0 Å². The Bertz CT molecular complexity index is 325. The molecule has 1 unspecified atom stereocenters. The number of carbonyl (C=O) groups is 1. The molecule has 2 N–H and O–H groups in total. The van der Waals surface area contributed by atoms with E-state index in [2.05, 4.69) is 10.3 Å². The molecule has 62 valence electrons. The van der Waals surface area contributed by atoms with Crippen LogP contribution in [0.25, 0.3) is 0 Å². The fourth-order valence-electron chi connectivity index (χ4n) is 1.40. The standard InChI is InChI=1S/C8H8N2O2/c11-8(12)7-6-4-9-2-1-5(6)3-10-7/h1-2,4,7,10H,3H2,(H,11,12). The topological polar surface area (TPSA) is 62.2 Å². The van der Waals surface area contributed by atoms with Crippen LogP contribution < -0.4 is 5.32 Å². The zero-order chi connectivity index (χ0) is 8.55. The van der Waals surface area contributed by atoms with Gasteiger partial charge in [0.05, 0.1) is 0 Å². The number of pyridine rings is 1. The van der Waals surface area contributed by atoms with Crippen LogP contribution in [0.3, 0.4) is 0 Å². The number of aromatic nitrogens is 1. The molecule has 4 heteroatoms. The van der Waals surface area contributed by atoms with E-state index in [-0.39, 0.29) is 0 Å². The van der Waals surface area contributed by atoms with Crippen molar-refractivity contribution in [3.63, 3.8) is 0 Å². The molecule has 1 aliphatic rings. The number of aliphatic carboxylic acids is 1. The SMILES string of the molecule is O=C(O)C1NCc2ccncc21. The number of nitrogens with one attached hydrogen (secondary N) is 1. The van der Waals surface area contributed by atoms with Crippen molar-refractivity contribution in [2.45, 2.75) is 12.6 Å². The van der Waals surface area contributed by atoms with Gasteiger partial charge in [0.2, 0.25) is 0 Å². The van der Waals surface area contributed by atoms with E-state index in [1.165, 1.54) is 0 Å². The third kappa shape index (κ3) is 0.967. The monoisotopic (exact) mass is 164 g/mol. The highest BCUT2D eigenvalue weighted by Crippen LogP contribution is 2.23. The minimum absolute atomic E-state index is 0.575. The number of rotatable bonds is 1. The lowest BCUT2D eigenvalue weighted by Gasteiger charge is -2.03. The summed E-state index contributed by atoms with van der Waals surface area (Å²) in [6, 6.07) is 1.26. The lowest BCUT2D eigenvalue weighted by atomic mass is 10.1. The molecule has 1 aromatic heterocycles. The van der Waals surface area contributed by atoms with Gasteiger partial charge in [-0.15, -0.1) is 0 Å². The minimum Gasteiger partial charge on any atom is -0.480 e. The van der Waals surface area contributed by atoms with Crippen molar-refractivity contribution >= 4 is 5.97 Å². The van der Waals surface area contributed by atoms with Crippen LogP contribution in [-0.2, 0) is 11.3 Å². The van der Waals surface area contributed by atoms with E-state index >= 15 is 0 Å². The van der Waals surface area contributed by atoms with Crippen molar-refractivity contribution in [3.8, 4) is 0 Å². The van der Waals surface area contributed by atoms with E-state index in [9.17, 15) is 4.79 Å². The number of hydrogen-bond donors (Lipinski definition) is 2. The molecule has 0 aromatic carbocycles. The van der Waals surface area contributed by atoms with Crippen LogP contribution in [0.15, 0.2) is 18.5 Å². The van der Waals surface area contributed by atoms with Gasteiger partial charge in [0, 0.05) is 24.5 Å². The summed E-state index contributed by atoms with van der Waals surface area (Å²) in [7, 11) is 0. The highest BCUT2D eigenvalue weighted by atomic mass is 16.4. The molecule has 4 nitrogen and oxygen atoms in total. The number of carboxylic acid groups (broad SMARTS) is 1. The van der Waals surface area contributed by atoms with E-state index in [4.69, 9.17) is 5.11 Å². The molecule has 2 rings (SSSR count). The summed E-state index contributed by atoms with van der Waals surface area (Å²) >= 11 is 0. The Kier molecular flexibility index (Phi) is 1.55. The van der Waals surface area contributed by atoms with Crippen molar-refractivity contribution in [2.75, 3.05) is 0 Å². The predicted molar refractivity (Wildman–Crippen MR) is 41.5 cm³/mol. The second-order valence-electron chi connectivity index (χ2n) is 2.73. The molecule has 0 spiro atoms. The summed E-state index contributed by atoms with van der Waals surface area (Å²) in [5.74, 6) is -0.846. The summed E-state index contributed by atoms with van der Waals surface area (Å²) < 4.78 is 0. The average molecular weight is 164 g/mol. The smallest absolute Gasteiger partial charge is 0.325 e. The van der Waals surface area contributed by atoms with E-state index in [0.717, 1.165) is 11.1 Å². The van der Waals surface area contributed by atoms with Gasteiger partial charge < -0.3 is 5.11 Å². The zero-order valence-corrected chi connectivity index (χ0v) is 6.32. The number of carboxylic acids is 1. The van der Waals surface area contributed by atoms with Crippen LogP contribution in [0.1, 0.15) is 17.2 Å². The molecule has 0 fully saturated rings. The van der Waals surface area contributed by atoms with Crippen LogP contribution >= 0.6 is 0 Å². The molecule has 0 radical (unpaired) electrons. The average Bonchev–Trinajstić information content (AvgIpc) is 2.47. The highest BCUT2D eigenvalue weighted by molar-refractivity contribution is 5.76. The van der Waals surface area contributed by atoms with Gasteiger partial charge in [-0.3, -0.25) is 15.1 Å². The van der Waals surface area contributed by atoms with Crippen LogP contribution in [0.4, 0.5) is 0 Å². The molecular formula is C8H8N2O2. The third-order valence-electron chi connectivity index (χ3n) is 2.00. The van der Waals surface area contributed by atoms with Crippen molar-refractivity contribution in [2.24, 2.45) is 0 Å². The molecule has 0 aliphatic carbocycles. The molecular weight excluding hydrogens is 156 g/mol. The quantitative estimate of drug-likeness (QED) is 0.627. The van der Waals surface area contributed by atoms with Gasteiger partial charge >= 0.3 is 5.97 Å². The van der Waals surface area contributed by atoms with Gasteiger partial charge in [0.25, 0.3) is 0 Å². The van der Waals surface area contributed by atoms with Crippen LogP contribution in [-0.4, -0.2) is 16.1 Å². The van der Waals surface area contributed by atoms with Crippen LogP contribution in [0.5, 0.6) is 0 Å². The van der Waals surface area contributed by atoms with Crippen molar-refractivity contribution in [1.29, 1.82) is 0 Å². The number of hydrogen-bond acceptors (Lipinski definition) is 3.